The van der Waals surface area contributed by atoms with E-state index < -0.39 is 35.8 Å². The fourth-order valence-corrected chi connectivity index (χ4v) is 4.01. The van der Waals surface area contributed by atoms with Crippen LogP contribution >= 0.6 is 0 Å². The second-order valence-corrected chi connectivity index (χ2v) is 8.37. The fraction of sp³-hybridized carbons (Fsp3) is 0.773. The number of nitrogens with one attached hydrogen (secondary N) is 1. The van der Waals surface area contributed by atoms with Crippen molar-refractivity contribution in [1.29, 1.82) is 0 Å². The first kappa shape index (κ1) is 24.5. The molecular formula is C22H36N2O6. The van der Waals surface area contributed by atoms with Gasteiger partial charge in [-0.25, -0.2) is 4.79 Å². The van der Waals surface area contributed by atoms with Crippen LogP contribution in [-0.2, 0) is 9.53 Å². The predicted octanol–water partition coefficient (Wildman–Crippen LogP) is 2.35. The highest BCUT2D eigenvalue weighted by Crippen LogP contribution is 2.37. The molecule has 30 heavy (non-hydrogen) atoms. The van der Waals surface area contributed by atoms with Crippen LogP contribution in [0.25, 0.3) is 0 Å². The third-order valence-electron chi connectivity index (χ3n) is 5.95. The highest BCUT2D eigenvalue weighted by molar-refractivity contribution is 5.88. The van der Waals surface area contributed by atoms with Gasteiger partial charge in [0, 0.05) is 24.6 Å². The van der Waals surface area contributed by atoms with E-state index in [1.165, 1.54) is 38.3 Å². The zero-order chi connectivity index (χ0) is 22.1. The van der Waals surface area contributed by atoms with Crippen LogP contribution < -0.4 is 11.2 Å². The van der Waals surface area contributed by atoms with E-state index in [9.17, 15) is 24.6 Å². The molecule has 0 spiro atoms. The normalized spacial score (nSPS) is 23.7. The molecule has 8 nitrogen and oxygen atoms in total. The van der Waals surface area contributed by atoms with Crippen molar-refractivity contribution in [1.82, 2.24) is 9.55 Å². The molecule has 3 N–H and O–H groups in total. The van der Waals surface area contributed by atoms with Crippen molar-refractivity contribution in [3.8, 4) is 0 Å². The number of carbonyl (C=O) groups excluding carboxylic acids is 1. The summed E-state index contributed by atoms with van der Waals surface area (Å²) < 4.78 is 6.78. The predicted molar refractivity (Wildman–Crippen MR) is 113 cm³/mol. The number of H-pyrrole nitrogens is 1. The van der Waals surface area contributed by atoms with Gasteiger partial charge < -0.3 is 14.9 Å². The molecule has 1 aliphatic heterocycles. The fourth-order valence-electron chi connectivity index (χ4n) is 4.01. The third-order valence-corrected chi connectivity index (χ3v) is 5.95. The Morgan fingerprint density at radius 1 is 1.17 bits per heavy atom. The van der Waals surface area contributed by atoms with Crippen molar-refractivity contribution >= 4 is 5.78 Å². The molecule has 8 heteroatoms. The molecule has 3 atom stereocenters. The number of rotatable bonds is 13. The number of carbonyl (C=O) groups is 1. The van der Waals surface area contributed by atoms with E-state index in [4.69, 9.17) is 4.74 Å². The minimum Gasteiger partial charge on any atom is -0.394 e. The SMILES string of the molecule is CCCCCCCCCCCC(=O)[C@]1(O)C[C@H](n2cc(C)c(=O)[nH]c2=O)O[C@@H]1CO. The Morgan fingerprint density at radius 3 is 2.37 bits per heavy atom. The third kappa shape index (κ3) is 6.12. The minimum atomic E-state index is -1.84. The van der Waals surface area contributed by atoms with E-state index in [2.05, 4.69) is 11.9 Å². The topological polar surface area (TPSA) is 122 Å². The van der Waals surface area contributed by atoms with Gasteiger partial charge in [-0.3, -0.25) is 19.1 Å². The average molecular weight is 425 g/mol. The molecule has 0 unspecified atom stereocenters. The largest absolute Gasteiger partial charge is 0.394 e. The van der Waals surface area contributed by atoms with E-state index >= 15 is 0 Å². The number of aromatic amines is 1. The van der Waals surface area contributed by atoms with Crippen molar-refractivity contribution in [3.05, 3.63) is 32.6 Å². The summed E-state index contributed by atoms with van der Waals surface area (Å²) >= 11 is 0. The monoisotopic (exact) mass is 424 g/mol. The number of hydrogen-bond donors (Lipinski definition) is 3. The van der Waals surface area contributed by atoms with E-state index in [1.54, 1.807) is 6.92 Å². The molecule has 2 heterocycles. The smallest absolute Gasteiger partial charge is 0.330 e. The molecular weight excluding hydrogens is 388 g/mol. The Kier molecular flexibility index (Phi) is 9.45. The van der Waals surface area contributed by atoms with Gasteiger partial charge in [0.2, 0.25) is 0 Å². The number of Topliss-reactive ketones (excluding diaryl/α,β-unsaturated/α-hetero) is 1. The number of aliphatic hydroxyl groups excluding tert-OH is 1. The Hall–Kier alpha value is -1.77. The molecule has 1 aromatic heterocycles. The van der Waals surface area contributed by atoms with Gasteiger partial charge in [-0.2, -0.15) is 0 Å². The Morgan fingerprint density at radius 2 is 1.77 bits per heavy atom. The van der Waals surface area contributed by atoms with Gasteiger partial charge >= 0.3 is 5.69 Å². The summed E-state index contributed by atoms with van der Waals surface area (Å²) in [7, 11) is 0. The van der Waals surface area contributed by atoms with Crippen molar-refractivity contribution in [2.75, 3.05) is 6.61 Å². The maximum atomic E-state index is 12.7. The van der Waals surface area contributed by atoms with Gasteiger partial charge in [0.15, 0.2) is 11.4 Å². The van der Waals surface area contributed by atoms with Crippen LogP contribution in [0.15, 0.2) is 15.8 Å². The number of unbranched alkanes of at least 4 members (excludes halogenated alkanes) is 8. The van der Waals surface area contributed by atoms with Gasteiger partial charge in [-0.1, -0.05) is 58.3 Å². The summed E-state index contributed by atoms with van der Waals surface area (Å²) in [4.78, 5) is 38.6. The summed E-state index contributed by atoms with van der Waals surface area (Å²) in [6.07, 6.45) is 9.47. The lowest BCUT2D eigenvalue weighted by atomic mass is 9.87. The van der Waals surface area contributed by atoms with Gasteiger partial charge in [0.05, 0.1) is 6.61 Å². The summed E-state index contributed by atoms with van der Waals surface area (Å²) in [5, 5.41) is 20.6. The van der Waals surface area contributed by atoms with Crippen LogP contribution in [-0.4, -0.2) is 43.9 Å². The van der Waals surface area contributed by atoms with Crippen molar-refractivity contribution in [3.63, 3.8) is 0 Å². The Bertz CT molecular complexity index is 802. The summed E-state index contributed by atoms with van der Waals surface area (Å²) in [6.45, 7) is 3.21. The molecule has 1 saturated heterocycles. The first-order chi connectivity index (χ1) is 14.3. The molecule has 170 valence electrons. The van der Waals surface area contributed by atoms with Crippen molar-refractivity contribution in [2.45, 2.75) is 102 Å². The van der Waals surface area contributed by atoms with Crippen LogP contribution in [0.2, 0.25) is 0 Å². The molecule has 0 aromatic carbocycles. The van der Waals surface area contributed by atoms with Crippen LogP contribution in [0, 0.1) is 6.92 Å². The highest BCUT2D eigenvalue weighted by Gasteiger charge is 2.52. The lowest BCUT2D eigenvalue weighted by molar-refractivity contribution is -0.146. The molecule has 1 fully saturated rings. The zero-order valence-corrected chi connectivity index (χ0v) is 18.2. The van der Waals surface area contributed by atoms with Crippen LogP contribution in [0.1, 0.15) is 89.3 Å². The zero-order valence-electron chi connectivity index (χ0n) is 18.2. The summed E-state index contributed by atoms with van der Waals surface area (Å²) in [6, 6.07) is 0. The van der Waals surface area contributed by atoms with E-state index in [-0.39, 0.29) is 18.6 Å². The lowest BCUT2D eigenvalue weighted by Gasteiger charge is -2.25. The minimum absolute atomic E-state index is 0.139. The first-order valence-corrected chi connectivity index (χ1v) is 11.2. The maximum absolute atomic E-state index is 12.7. The number of nitrogens with zero attached hydrogens (tertiary/aromatic N) is 1. The molecule has 0 bridgehead atoms. The first-order valence-electron chi connectivity index (χ1n) is 11.2. The Balaban J connectivity index is 1.88. The lowest BCUT2D eigenvalue weighted by Crippen LogP contribution is -2.47. The molecule has 1 aliphatic rings. The maximum Gasteiger partial charge on any atom is 0.330 e. The van der Waals surface area contributed by atoms with E-state index in [0.29, 0.717) is 12.0 Å². The van der Waals surface area contributed by atoms with Gasteiger partial charge in [0.1, 0.15) is 12.3 Å². The van der Waals surface area contributed by atoms with Crippen molar-refractivity contribution in [2.24, 2.45) is 0 Å². The Labute approximate surface area is 177 Å². The average Bonchev–Trinajstić information content (AvgIpc) is 3.07. The van der Waals surface area contributed by atoms with Crippen LogP contribution in [0.5, 0.6) is 0 Å². The second-order valence-electron chi connectivity index (χ2n) is 8.37. The van der Waals surface area contributed by atoms with E-state index in [1.807, 2.05) is 0 Å². The van der Waals surface area contributed by atoms with Crippen molar-refractivity contribution < 1.29 is 19.7 Å². The number of hydrogen-bond acceptors (Lipinski definition) is 6. The van der Waals surface area contributed by atoms with Gasteiger partial charge in [-0.05, 0) is 13.3 Å². The number of ketones is 1. The summed E-state index contributed by atoms with van der Waals surface area (Å²) in [5.41, 5.74) is -2.70. The molecule has 0 radical (unpaired) electrons. The van der Waals surface area contributed by atoms with Gasteiger partial charge in [-0.15, -0.1) is 0 Å². The number of aromatic nitrogens is 2. The second kappa shape index (κ2) is 11.6. The number of ether oxygens (including phenoxy) is 1. The number of aryl methyl sites for hydroxylation is 1. The molecule has 1 aromatic rings. The van der Waals surface area contributed by atoms with Crippen LogP contribution in [0.4, 0.5) is 0 Å². The molecule has 0 saturated carbocycles. The molecule has 2 rings (SSSR count). The van der Waals surface area contributed by atoms with Crippen LogP contribution in [0.3, 0.4) is 0 Å². The molecule has 0 aliphatic carbocycles. The van der Waals surface area contributed by atoms with E-state index in [0.717, 1.165) is 23.8 Å². The number of aliphatic hydroxyl groups is 2. The standard InChI is InChI=1S/C22H36N2O6/c1-3-4-5-6-7-8-9-10-11-12-17(26)22(29)13-19(30-18(22)15-25)24-14-16(2)20(27)23-21(24)28/h14,18-19,25,29H,3-13,15H2,1-2H3,(H,23,27,28)/t18-,19-,22-/m1/s1. The molecule has 0 amide bonds. The summed E-state index contributed by atoms with van der Waals surface area (Å²) in [5.74, 6) is -0.374. The highest BCUT2D eigenvalue weighted by atomic mass is 16.5. The quantitative estimate of drug-likeness (QED) is 0.418. The van der Waals surface area contributed by atoms with Gasteiger partial charge in [0.25, 0.3) is 5.56 Å².